The van der Waals surface area contributed by atoms with Gasteiger partial charge in [-0.2, -0.15) is 5.26 Å². The predicted molar refractivity (Wildman–Crippen MR) is 48.9 cm³/mol. The summed E-state index contributed by atoms with van der Waals surface area (Å²) in [6.45, 7) is 3.96. The maximum atomic E-state index is 11.4. The van der Waals surface area contributed by atoms with Gasteiger partial charge in [-0.25, -0.2) is 0 Å². The minimum atomic E-state index is -0.579. The minimum Gasteiger partial charge on any atom is -0.383 e. The van der Waals surface area contributed by atoms with Gasteiger partial charge in [0.2, 0.25) is 5.91 Å². The Bertz CT molecular complexity index is 210. The molecule has 0 bridgehead atoms. The lowest BCUT2D eigenvalue weighted by Gasteiger charge is -2.25. The second-order valence-corrected chi connectivity index (χ2v) is 3.10. The van der Waals surface area contributed by atoms with Gasteiger partial charge < -0.3 is 9.64 Å². The Kier molecular flexibility index (Phi) is 5.09. The molecule has 0 aromatic carbocycles. The summed E-state index contributed by atoms with van der Waals surface area (Å²) in [5, 5.41) is 8.54. The number of ether oxygens (including phenoxy) is 1. The van der Waals surface area contributed by atoms with Crippen molar-refractivity contribution in [2.45, 2.75) is 19.9 Å². The van der Waals surface area contributed by atoms with Crippen LogP contribution in [0.25, 0.3) is 0 Å². The third-order valence-electron chi connectivity index (χ3n) is 1.98. The van der Waals surface area contributed by atoms with E-state index in [0.29, 0.717) is 6.61 Å². The number of hydrogen-bond donors (Lipinski definition) is 0. The van der Waals surface area contributed by atoms with Crippen LogP contribution in [0, 0.1) is 17.2 Å². The van der Waals surface area contributed by atoms with E-state index in [1.807, 2.05) is 13.0 Å². The van der Waals surface area contributed by atoms with Crippen LogP contribution >= 0.6 is 0 Å². The molecule has 0 fully saturated rings. The average Bonchev–Trinajstić information content (AvgIpc) is 2.14. The normalized spacial score (nSPS) is 14.4. The molecule has 0 N–H and O–H groups in total. The highest BCUT2D eigenvalue weighted by Crippen LogP contribution is 2.03. The standard InChI is InChI=1S/C9H16N2O2/c1-7(5-10)9(12)11(3)8(2)6-13-4/h7-8H,6H2,1-4H3. The van der Waals surface area contributed by atoms with E-state index in [1.165, 1.54) is 4.90 Å². The second kappa shape index (κ2) is 5.55. The summed E-state index contributed by atoms with van der Waals surface area (Å²) in [5.41, 5.74) is 0. The fourth-order valence-electron chi connectivity index (χ4n) is 0.931. The van der Waals surface area contributed by atoms with Gasteiger partial charge in [-0.3, -0.25) is 4.79 Å². The molecule has 1 amide bonds. The summed E-state index contributed by atoms with van der Waals surface area (Å²) in [6, 6.07) is 1.92. The van der Waals surface area contributed by atoms with Gasteiger partial charge in [-0.15, -0.1) is 0 Å². The SMILES string of the molecule is COCC(C)N(C)C(=O)C(C)C#N. The fraction of sp³-hybridized carbons (Fsp3) is 0.778. The van der Waals surface area contributed by atoms with Crippen molar-refractivity contribution in [3.63, 3.8) is 0 Å². The molecule has 2 atom stereocenters. The van der Waals surface area contributed by atoms with Crippen LogP contribution in [0.1, 0.15) is 13.8 Å². The van der Waals surface area contributed by atoms with Gasteiger partial charge in [-0.1, -0.05) is 0 Å². The molecule has 0 aliphatic carbocycles. The van der Waals surface area contributed by atoms with Crippen molar-refractivity contribution in [1.29, 1.82) is 5.26 Å². The molecule has 0 heterocycles. The molecule has 4 heteroatoms. The number of nitriles is 1. The highest BCUT2D eigenvalue weighted by molar-refractivity contribution is 5.80. The molecule has 0 rings (SSSR count). The van der Waals surface area contributed by atoms with Gasteiger partial charge in [0.15, 0.2) is 0 Å². The van der Waals surface area contributed by atoms with Crippen LogP contribution in [0.4, 0.5) is 0 Å². The van der Waals surface area contributed by atoms with Gasteiger partial charge in [0.25, 0.3) is 0 Å². The fourth-order valence-corrected chi connectivity index (χ4v) is 0.931. The quantitative estimate of drug-likeness (QED) is 0.644. The number of rotatable bonds is 4. The molecular formula is C9H16N2O2. The van der Waals surface area contributed by atoms with E-state index in [-0.39, 0.29) is 11.9 Å². The van der Waals surface area contributed by atoms with E-state index in [2.05, 4.69) is 0 Å². The summed E-state index contributed by atoms with van der Waals surface area (Å²) in [6.07, 6.45) is 0. The first kappa shape index (κ1) is 11.9. The minimum absolute atomic E-state index is 0.00769. The maximum Gasteiger partial charge on any atom is 0.239 e. The molecule has 4 nitrogen and oxygen atoms in total. The van der Waals surface area contributed by atoms with Crippen molar-refractivity contribution >= 4 is 5.91 Å². The monoisotopic (exact) mass is 184 g/mol. The Hall–Kier alpha value is -1.08. The van der Waals surface area contributed by atoms with E-state index in [4.69, 9.17) is 10.00 Å². The number of likely N-dealkylation sites (N-methyl/N-ethyl adjacent to an activating group) is 1. The number of methoxy groups -OCH3 is 1. The number of carbonyl (C=O) groups excluding carboxylic acids is 1. The third kappa shape index (κ3) is 3.43. The largest absolute Gasteiger partial charge is 0.383 e. The van der Waals surface area contributed by atoms with E-state index in [1.54, 1.807) is 21.1 Å². The lowest BCUT2D eigenvalue weighted by Crippen LogP contribution is -2.40. The molecule has 0 aromatic rings. The number of nitrogens with zero attached hydrogens (tertiary/aromatic N) is 2. The first-order valence-corrected chi connectivity index (χ1v) is 4.19. The van der Waals surface area contributed by atoms with Gasteiger partial charge in [0, 0.05) is 14.2 Å². The Morgan fingerprint density at radius 2 is 2.15 bits per heavy atom. The predicted octanol–water partition coefficient (Wildman–Crippen LogP) is 0.639. The van der Waals surface area contributed by atoms with Crippen molar-refractivity contribution < 1.29 is 9.53 Å². The third-order valence-corrected chi connectivity index (χ3v) is 1.98. The second-order valence-electron chi connectivity index (χ2n) is 3.10. The number of amides is 1. The van der Waals surface area contributed by atoms with Crippen LogP contribution in [-0.2, 0) is 9.53 Å². The first-order valence-electron chi connectivity index (χ1n) is 4.19. The van der Waals surface area contributed by atoms with E-state index in [0.717, 1.165) is 0 Å². The summed E-state index contributed by atoms with van der Waals surface area (Å²) < 4.78 is 4.91. The highest BCUT2D eigenvalue weighted by Gasteiger charge is 2.20. The molecule has 0 saturated heterocycles. The first-order chi connectivity index (χ1) is 6.04. The van der Waals surface area contributed by atoms with Crippen LogP contribution in [0.15, 0.2) is 0 Å². The maximum absolute atomic E-state index is 11.4. The Balaban J connectivity index is 4.18. The van der Waals surface area contributed by atoms with Crippen LogP contribution in [0.5, 0.6) is 0 Å². The topological polar surface area (TPSA) is 53.3 Å². The summed E-state index contributed by atoms with van der Waals surface area (Å²) in [7, 11) is 3.27. The Morgan fingerprint density at radius 1 is 1.62 bits per heavy atom. The van der Waals surface area contributed by atoms with Crippen molar-refractivity contribution in [3.8, 4) is 6.07 Å². The molecule has 0 saturated carbocycles. The molecule has 2 unspecified atom stereocenters. The zero-order valence-electron chi connectivity index (χ0n) is 8.57. The summed E-state index contributed by atoms with van der Waals surface area (Å²) in [4.78, 5) is 13.0. The average molecular weight is 184 g/mol. The van der Waals surface area contributed by atoms with Gasteiger partial charge in [-0.05, 0) is 13.8 Å². The van der Waals surface area contributed by atoms with Gasteiger partial charge in [0.05, 0.1) is 18.7 Å². The molecular weight excluding hydrogens is 168 g/mol. The molecule has 74 valence electrons. The van der Waals surface area contributed by atoms with Crippen molar-refractivity contribution in [2.24, 2.45) is 5.92 Å². The smallest absolute Gasteiger partial charge is 0.239 e. The summed E-state index contributed by atoms with van der Waals surface area (Å²) in [5.74, 6) is -0.739. The highest BCUT2D eigenvalue weighted by atomic mass is 16.5. The van der Waals surface area contributed by atoms with E-state index in [9.17, 15) is 4.79 Å². The lowest BCUT2D eigenvalue weighted by atomic mass is 10.1. The van der Waals surface area contributed by atoms with Crippen LogP contribution in [0.3, 0.4) is 0 Å². The molecule has 0 radical (unpaired) electrons. The van der Waals surface area contributed by atoms with Crippen molar-refractivity contribution in [3.05, 3.63) is 0 Å². The molecule has 13 heavy (non-hydrogen) atoms. The molecule has 0 aliphatic rings. The molecule has 0 spiro atoms. The number of carbonyl (C=O) groups is 1. The lowest BCUT2D eigenvalue weighted by molar-refractivity contribution is -0.134. The molecule has 0 aliphatic heterocycles. The van der Waals surface area contributed by atoms with Crippen LogP contribution in [-0.4, -0.2) is 37.6 Å². The van der Waals surface area contributed by atoms with Crippen LogP contribution < -0.4 is 0 Å². The van der Waals surface area contributed by atoms with Crippen molar-refractivity contribution in [2.75, 3.05) is 20.8 Å². The number of hydrogen-bond acceptors (Lipinski definition) is 3. The van der Waals surface area contributed by atoms with Crippen molar-refractivity contribution in [1.82, 2.24) is 4.90 Å². The van der Waals surface area contributed by atoms with Crippen LogP contribution in [0.2, 0.25) is 0 Å². The molecule has 0 aromatic heterocycles. The van der Waals surface area contributed by atoms with E-state index < -0.39 is 5.92 Å². The van der Waals surface area contributed by atoms with Gasteiger partial charge >= 0.3 is 0 Å². The van der Waals surface area contributed by atoms with Gasteiger partial charge in [0.1, 0.15) is 5.92 Å². The Morgan fingerprint density at radius 3 is 2.54 bits per heavy atom. The zero-order valence-corrected chi connectivity index (χ0v) is 8.57. The van der Waals surface area contributed by atoms with E-state index >= 15 is 0 Å². The zero-order chi connectivity index (χ0) is 10.4. The Labute approximate surface area is 79.1 Å². The summed E-state index contributed by atoms with van der Waals surface area (Å²) >= 11 is 0.